The molecule has 0 aliphatic carbocycles. The fraction of sp³-hybridized carbons (Fsp3) is 0.303. The summed E-state index contributed by atoms with van der Waals surface area (Å²) >= 11 is 0. The Balaban J connectivity index is 1.77. The van der Waals surface area contributed by atoms with Crippen LogP contribution in [0.1, 0.15) is 30.5 Å². The Morgan fingerprint density at radius 3 is 1.41 bits per heavy atom. The van der Waals surface area contributed by atoms with Crippen molar-refractivity contribution in [3.63, 3.8) is 0 Å². The first-order chi connectivity index (χ1) is 21.8. The second-order valence-corrected chi connectivity index (χ2v) is 11.0. The van der Waals surface area contributed by atoms with Crippen molar-refractivity contribution in [3.8, 4) is 11.5 Å². The second-order valence-electron chi connectivity index (χ2n) is 11.0. The summed E-state index contributed by atoms with van der Waals surface area (Å²) in [6.45, 7) is 2.84. The SMILES string of the molecule is C[C@H](N)C(=O)N[C@@H](Cc1ccccc1)C(=O)N[C@@H](Cc1ccc(O)cc1)C(=O)N[C@@H](C)C(=O)N[C@@H](Cc1ccc(O)cc1)C(=O)O. The summed E-state index contributed by atoms with van der Waals surface area (Å²) in [6.07, 6.45) is -0.00329. The molecule has 3 rings (SSSR count). The number of carboxylic acid groups (broad SMARTS) is 1. The Morgan fingerprint density at radius 1 is 0.565 bits per heavy atom. The zero-order valence-corrected chi connectivity index (χ0v) is 25.5. The summed E-state index contributed by atoms with van der Waals surface area (Å²) in [5.41, 5.74) is 7.60. The molecule has 13 nitrogen and oxygen atoms in total. The average Bonchev–Trinajstić information content (AvgIpc) is 3.02. The molecular weight excluding hydrogens is 594 g/mol. The quantitative estimate of drug-likeness (QED) is 0.117. The number of nitrogens with two attached hydrogens (primary N) is 1. The lowest BCUT2D eigenvalue weighted by Crippen LogP contribution is -2.58. The van der Waals surface area contributed by atoms with E-state index in [1.165, 1.54) is 50.2 Å². The van der Waals surface area contributed by atoms with Gasteiger partial charge in [0.1, 0.15) is 35.7 Å². The van der Waals surface area contributed by atoms with Gasteiger partial charge in [-0.1, -0.05) is 54.6 Å². The molecule has 0 saturated carbocycles. The smallest absolute Gasteiger partial charge is 0.326 e. The van der Waals surface area contributed by atoms with Crippen molar-refractivity contribution in [2.24, 2.45) is 5.73 Å². The maximum Gasteiger partial charge on any atom is 0.326 e. The summed E-state index contributed by atoms with van der Waals surface area (Å²) in [7, 11) is 0. The van der Waals surface area contributed by atoms with E-state index in [1.54, 1.807) is 42.5 Å². The second kappa shape index (κ2) is 16.6. The molecule has 46 heavy (non-hydrogen) atoms. The fourth-order valence-corrected chi connectivity index (χ4v) is 4.46. The number of amides is 4. The third-order valence-corrected chi connectivity index (χ3v) is 7.08. The highest BCUT2D eigenvalue weighted by atomic mass is 16.4. The monoisotopic (exact) mass is 633 g/mol. The predicted octanol–water partition coefficient (Wildman–Crippen LogP) is 0.517. The van der Waals surface area contributed by atoms with E-state index in [4.69, 9.17) is 5.73 Å². The molecule has 0 spiro atoms. The number of phenols is 2. The van der Waals surface area contributed by atoms with Gasteiger partial charge >= 0.3 is 5.97 Å². The van der Waals surface area contributed by atoms with Gasteiger partial charge in [-0.15, -0.1) is 0 Å². The van der Waals surface area contributed by atoms with Crippen LogP contribution in [0, 0.1) is 0 Å². The van der Waals surface area contributed by atoms with Crippen LogP contribution in [-0.4, -0.2) is 75.1 Å². The summed E-state index contributed by atoms with van der Waals surface area (Å²) in [5, 5.41) is 39.1. The lowest BCUT2D eigenvalue weighted by atomic mass is 10.0. The van der Waals surface area contributed by atoms with Crippen molar-refractivity contribution < 1.29 is 39.3 Å². The van der Waals surface area contributed by atoms with Gasteiger partial charge in [0.2, 0.25) is 23.6 Å². The highest BCUT2D eigenvalue weighted by molar-refractivity contribution is 5.95. The summed E-state index contributed by atoms with van der Waals surface area (Å²) < 4.78 is 0. The first-order valence-corrected chi connectivity index (χ1v) is 14.6. The molecule has 9 N–H and O–H groups in total. The van der Waals surface area contributed by atoms with Gasteiger partial charge in [0.15, 0.2) is 0 Å². The van der Waals surface area contributed by atoms with E-state index >= 15 is 0 Å². The molecule has 244 valence electrons. The first kappa shape index (κ1) is 35.1. The lowest BCUT2D eigenvalue weighted by molar-refractivity contribution is -0.142. The summed E-state index contributed by atoms with van der Waals surface area (Å²) in [5.74, 6) is -4.05. The van der Waals surface area contributed by atoms with Crippen LogP contribution in [-0.2, 0) is 43.2 Å². The van der Waals surface area contributed by atoms with Crippen molar-refractivity contribution >= 4 is 29.6 Å². The number of aromatic hydroxyl groups is 2. The molecular formula is C33H39N5O8. The third-order valence-electron chi connectivity index (χ3n) is 7.08. The van der Waals surface area contributed by atoms with Gasteiger partial charge in [0, 0.05) is 19.3 Å². The number of phenolic OH excluding ortho intramolecular Hbond substituents is 2. The molecule has 0 aromatic heterocycles. The van der Waals surface area contributed by atoms with E-state index in [1.807, 2.05) is 0 Å². The Bertz CT molecular complexity index is 1500. The minimum Gasteiger partial charge on any atom is -0.508 e. The maximum atomic E-state index is 13.6. The summed E-state index contributed by atoms with van der Waals surface area (Å²) in [4.78, 5) is 64.4. The van der Waals surface area contributed by atoms with E-state index in [0.29, 0.717) is 11.1 Å². The Hall–Kier alpha value is -5.43. The number of rotatable bonds is 15. The van der Waals surface area contributed by atoms with Crippen LogP contribution >= 0.6 is 0 Å². The topological polar surface area (TPSA) is 220 Å². The molecule has 4 amide bonds. The highest BCUT2D eigenvalue weighted by Crippen LogP contribution is 2.14. The van der Waals surface area contributed by atoms with Gasteiger partial charge in [0.25, 0.3) is 0 Å². The van der Waals surface area contributed by atoms with Crippen LogP contribution < -0.4 is 27.0 Å². The Labute approximate surface area is 266 Å². The first-order valence-electron chi connectivity index (χ1n) is 14.6. The third kappa shape index (κ3) is 10.9. The van der Waals surface area contributed by atoms with Gasteiger partial charge in [-0.2, -0.15) is 0 Å². The van der Waals surface area contributed by atoms with Crippen LogP contribution in [0.15, 0.2) is 78.9 Å². The van der Waals surface area contributed by atoms with Gasteiger partial charge in [-0.25, -0.2) is 4.79 Å². The number of carboxylic acids is 1. The van der Waals surface area contributed by atoms with Crippen molar-refractivity contribution in [2.75, 3.05) is 0 Å². The molecule has 0 saturated heterocycles. The van der Waals surface area contributed by atoms with E-state index < -0.39 is 59.8 Å². The molecule has 0 fully saturated rings. The van der Waals surface area contributed by atoms with Crippen molar-refractivity contribution in [3.05, 3.63) is 95.6 Å². The maximum absolute atomic E-state index is 13.6. The summed E-state index contributed by atoms with van der Waals surface area (Å²) in [6, 6.07) is 15.0. The van der Waals surface area contributed by atoms with Gasteiger partial charge in [-0.05, 0) is 54.8 Å². The molecule has 0 aliphatic rings. The Kier molecular flexibility index (Phi) is 12.6. The number of aliphatic carboxylic acids is 1. The number of carbonyl (C=O) groups is 5. The standard InChI is InChI=1S/C33H39N5O8/c1-19(34)29(41)36-27(16-21-6-4-3-5-7-21)32(44)37-26(17-22-8-12-24(39)13-9-22)31(43)35-20(2)30(42)38-28(33(45)46)18-23-10-14-25(40)15-11-23/h3-15,19-20,26-28,39-40H,16-18,34H2,1-2H3,(H,35,43)(H,36,41)(H,37,44)(H,38,42)(H,45,46)/t19-,20-,26-,27-,28-/m0/s1. The zero-order valence-electron chi connectivity index (χ0n) is 25.5. The molecule has 5 atom stereocenters. The van der Waals surface area contributed by atoms with E-state index in [2.05, 4.69) is 21.3 Å². The molecule has 0 unspecified atom stereocenters. The van der Waals surface area contributed by atoms with Gasteiger partial charge in [0.05, 0.1) is 6.04 Å². The predicted molar refractivity (Wildman–Crippen MR) is 168 cm³/mol. The van der Waals surface area contributed by atoms with E-state index in [-0.39, 0.29) is 30.8 Å². The minimum absolute atomic E-state index is 0.000843. The number of nitrogens with one attached hydrogen (secondary N) is 4. The van der Waals surface area contributed by atoms with Crippen molar-refractivity contribution in [2.45, 2.75) is 63.3 Å². The molecule has 0 aliphatic heterocycles. The molecule has 13 heteroatoms. The molecule has 0 radical (unpaired) electrons. The van der Waals surface area contributed by atoms with Crippen LogP contribution in [0.3, 0.4) is 0 Å². The molecule has 3 aromatic rings. The zero-order chi connectivity index (χ0) is 33.8. The lowest BCUT2D eigenvalue weighted by Gasteiger charge is -2.25. The van der Waals surface area contributed by atoms with Gasteiger partial charge in [-0.3, -0.25) is 19.2 Å². The largest absolute Gasteiger partial charge is 0.508 e. The van der Waals surface area contributed by atoms with Crippen LogP contribution in [0.5, 0.6) is 11.5 Å². The molecule has 0 bridgehead atoms. The van der Waals surface area contributed by atoms with Crippen LogP contribution in [0.2, 0.25) is 0 Å². The normalized spacial score (nSPS) is 14.1. The average molecular weight is 634 g/mol. The minimum atomic E-state index is -1.32. The molecule has 3 aromatic carbocycles. The number of hydrogen-bond acceptors (Lipinski definition) is 8. The molecule has 0 heterocycles. The van der Waals surface area contributed by atoms with Crippen LogP contribution in [0.25, 0.3) is 0 Å². The number of carbonyl (C=O) groups excluding carboxylic acids is 4. The number of hydrogen-bond donors (Lipinski definition) is 8. The van der Waals surface area contributed by atoms with Crippen molar-refractivity contribution in [1.29, 1.82) is 0 Å². The number of benzene rings is 3. The Morgan fingerprint density at radius 2 is 0.957 bits per heavy atom. The van der Waals surface area contributed by atoms with Gasteiger partial charge < -0.3 is 42.3 Å². The van der Waals surface area contributed by atoms with E-state index in [0.717, 1.165) is 5.56 Å². The van der Waals surface area contributed by atoms with E-state index in [9.17, 15) is 39.3 Å². The van der Waals surface area contributed by atoms with Crippen LogP contribution in [0.4, 0.5) is 0 Å². The highest BCUT2D eigenvalue weighted by Gasteiger charge is 2.30. The fourth-order valence-electron chi connectivity index (χ4n) is 4.46. The van der Waals surface area contributed by atoms with Crippen molar-refractivity contribution in [1.82, 2.24) is 21.3 Å².